The summed E-state index contributed by atoms with van der Waals surface area (Å²) in [6, 6.07) is 3.88. The fourth-order valence-corrected chi connectivity index (χ4v) is 1.38. The highest BCUT2D eigenvalue weighted by molar-refractivity contribution is 5.94. The van der Waals surface area contributed by atoms with E-state index in [1.54, 1.807) is 0 Å². The molecule has 0 spiro atoms. The Kier molecular flexibility index (Phi) is 4.53. The van der Waals surface area contributed by atoms with Crippen LogP contribution in [0.25, 0.3) is 0 Å². The highest BCUT2D eigenvalue weighted by Crippen LogP contribution is 2.12. The van der Waals surface area contributed by atoms with Crippen molar-refractivity contribution < 1.29 is 9.18 Å². The summed E-state index contributed by atoms with van der Waals surface area (Å²) in [7, 11) is 0. The van der Waals surface area contributed by atoms with Gasteiger partial charge in [-0.1, -0.05) is 6.92 Å². The first-order chi connectivity index (χ1) is 8.08. The molecule has 0 aliphatic carbocycles. The van der Waals surface area contributed by atoms with Gasteiger partial charge in [-0.3, -0.25) is 4.79 Å². The maximum absolute atomic E-state index is 13.2. The second-order valence-electron chi connectivity index (χ2n) is 3.72. The average molecular weight is 234 g/mol. The van der Waals surface area contributed by atoms with Crippen LogP contribution in [0.1, 0.15) is 30.1 Å². The van der Waals surface area contributed by atoms with Crippen LogP contribution in [-0.4, -0.2) is 11.9 Å². The van der Waals surface area contributed by atoms with E-state index >= 15 is 0 Å². The van der Waals surface area contributed by atoms with Gasteiger partial charge in [-0.15, -0.1) is 12.3 Å². The molecule has 1 amide bonds. The molecule has 0 aliphatic rings. The van der Waals surface area contributed by atoms with Crippen LogP contribution in [-0.2, 0) is 0 Å². The third-order valence-electron chi connectivity index (χ3n) is 2.45. The normalized spacial score (nSPS) is 11.6. The number of amides is 1. The Bertz CT molecular complexity index is 451. The number of nitrogen functional groups attached to an aromatic ring is 1. The van der Waals surface area contributed by atoms with Crippen molar-refractivity contribution in [1.29, 1.82) is 0 Å². The van der Waals surface area contributed by atoms with E-state index in [1.165, 1.54) is 12.1 Å². The summed E-state index contributed by atoms with van der Waals surface area (Å²) in [4.78, 5) is 11.8. The van der Waals surface area contributed by atoms with Crippen molar-refractivity contribution in [3.05, 3.63) is 29.6 Å². The third-order valence-corrected chi connectivity index (χ3v) is 2.45. The van der Waals surface area contributed by atoms with Crippen LogP contribution in [0, 0.1) is 18.2 Å². The molecule has 0 saturated carbocycles. The van der Waals surface area contributed by atoms with E-state index in [9.17, 15) is 9.18 Å². The lowest BCUT2D eigenvalue weighted by Crippen LogP contribution is -2.34. The molecule has 1 aromatic carbocycles. The number of nitrogens with one attached hydrogen (secondary N) is 1. The van der Waals surface area contributed by atoms with E-state index in [0.717, 1.165) is 12.5 Å². The maximum atomic E-state index is 13.2. The van der Waals surface area contributed by atoms with Crippen molar-refractivity contribution in [3.8, 4) is 12.3 Å². The zero-order valence-corrected chi connectivity index (χ0v) is 9.66. The molecule has 0 aliphatic heterocycles. The lowest BCUT2D eigenvalue weighted by atomic mass is 10.1. The first-order valence-electron chi connectivity index (χ1n) is 5.37. The number of hydrogen-bond donors (Lipinski definition) is 2. The van der Waals surface area contributed by atoms with Gasteiger partial charge in [-0.05, 0) is 24.6 Å². The number of rotatable bonds is 4. The minimum absolute atomic E-state index is 0.0252. The molecule has 17 heavy (non-hydrogen) atoms. The van der Waals surface area contributed by atoms with Crippen LogP contribution in [0.5, 0.6) is 0 Å². The summed E-state index contributed by atoms with van der Waals surface area (Å²) < 4.78 is 13.2. The summed E-state index contributed by atoms with van der Waals surface area (Å²) in [5.74, 6) is 1.55. The van der Waals surface area contributed by atoms with E-state index in [1.807, 2.05) is 6.92 Å². The Labute approximate surface area is 100 Å². The number of benzene rings is 1. The monoisotopic (exact) mass is 234 g/mol. The average Bonchev–Trinajstić information content (AvgIpc) is 2.31. The molecule has 90 valence electrons. The SMILES string of the molecule is C#CCC(CC)NC(=O)c1ccc(N)c(F)c1. The van der Waals surface area contributed by atoms with Gasteiger partial charge in [0, 0.05) is 18.0 Å². The molecule has 1 unspecified atom stereocenters. The number of terminal acetylenes is 1. The van der Waals surface area contributed by atoms with Crippen molar-refractivity contribution in [2.24, 2.45) is 0 Å². The van der Waals surface area contributed by atoms with Gasteiger partial charge in [0.05, 0.1) is 5.69 Å². The smallest absolute Gasteiger partial charge is 0.251 e. The number of nitrogens with two attached hydrogens (primary N) is 1. The number of carbonyl (C=O) groups excluding carboxylic acids is 1. The fraction of sp³-hybridized carbons (Fsp3) is 0.308. The molecule has 1 rings (SSSR count). The van der Waals surface area contributed by atoms with Crippen LogP contribution in [0.4, 0.5) is 10.1 Å². The summed E-state index contributed by atoms with van der Waals surface area (Å²) in [6.07, 6.45) is 6.37. The van der Waals surface area contributed by atoms with E-state index in [-0.39, 0.29) is 23.2 Å². The Morgan fingerprint density at radius 1 is 1.65 bits per heavy atom. The van der Waals surface area contributed by atoms with Crippen LogP contribution >= 0.6 is 0 Å². The van der Waals surface area contributed by atoms with Crippen molar-refractivity contribution in [2.75, 3.05) is 5.73 Å². The molecule has 0 aromatic heterocycles. The molecule has 0 fully saturated rings. The third kappa shape index (κ3) is 3.49. The van der Waals surface area contributed by atoms with E-state index in [0.29, 0.717) is 6.42 Å². The first kappa shape index (κ1) is 13.0. The standard InChI is InChI=1S/C13H15FN2O/c1-3-5-10(4-2)16-13(17)9-6-7-12(15)11(14)8-9/h1,6-8,10H,4-5,15H2,2H3,(H,16,17). The highest BCUT2D eigenvalue weighted by atomic mass is 19.1. The Hall–Kier alpha value is -2.02. The largest absolute Gasteiger partial charge is 0.396 e. The van der Waals surface area contributed by atoms with E-state index in [2.05, 4.69) is 11.2 Å². The summed E-state index contributed by atoms with van der Waals surface area (Å²) in [6.45, 7) is 1.92. The predicted octanol–water partition coefficient (Wildman–Crippen LogP) is 1.94. The van der Waals surface area contributed by atoms with Crippen molar-refractivity contribution in [2.45, 2.75) is 25.8 Å². The molecule has 4 heteroatoms. The zero-order valence-electron chi connectivity index (χ0n) is 9.66. The fourth-order valence-electron chi connectivity index (χ4n) is 1.38. The van der Waals surface area contributed by atoms with Gasteiger partial charge in [-0.25, -0.2) is 4.39 Å². The molecule has 1 atom stereocenters. The molecule has 0 saturated heterocycles. The molecule has 3 N–H and O–H groups in total. The van der Waals surface area contributed by atoms with Gasteiger partial charge >= 0.3 is 0 Å². The maximum Gasteiger partial charge on any atom is 0.251 e. The van der Waals surface area contributed by atoms with Gasteiger partial charge in [0.15, 0.2) is 0 Å². The van der Waals surface area contributed by atoms with E-state index < -0.39 is 5.82 Å². The zero-order chi connectivity index (χ0) is 12.8. The van der Waals surface area contributed by atoms with Crippen molar-refractivity contribution in [1.82, 2.24) is 5.32 Å². The van der Waals surface area contributed by atoms with Gasteiger partial charge in [-0.2, -0.15) is 0 Å². The predicted molar refractivity (Wildman–Crippen MR) is 65.8 cm³/mol. The van der Waals surface area contributed by atoms with Crippen LogP contribution in [0.3, 0.4) is 0 Å². The van der Waals surface area contributed by atoms with Crippen LogP contribution in [0.2, 0.25) is 0 Å². The number of carbonyl (C=O) groups is 1. The summed E-state index contributed by atoms with van der Waals surface area (Å²) in [5.41, 5.74) is 5.60. The second-order valence-corrected chi connectivity index (χ2v) is 3.72. The first-order valence-corrected chi connectivity index (χ1v) is 5.37. The Morgan fingerprint density at radius 3 is 2.88 bits per heavy atom. The molecular weight excluding hydrogens is 219 g/mol. The topological polar surface area (TPSA) is 55.1 Å². The van der Waals surface area contributed by atoms with Gasteiger partial charge in [0.25, 0.3) is 5.91 Å². The Morgan fingerprint density at radius 2 is 2.35 bits per heavy atom. The molecule has 1 aromatic rings. The van der Waals surface area contributed by atoms with Crippen LogP contribution < -0.4 is 11.1 Å². The van der Waals surface area contributed by atoms with Crippen molar-refractivity contribution >= 4 is 11.6 Å². The lowest BCUT2D eigenvalue weighted by Gasteiger charge is -2.14. The summed E-state index contributed by atoms with van der Waals surface area (Å²) >= 11 is 0. The van der Waals surface area contributed by atoms with Gasteiger partial charge in [0.2, 0.25) is 0 Å². The van der Waals surface area contributed by atoms with Crippen LogP contribution in [0.15, 0.2) is 18.2 Å². The minimum Gasteiger partial charge on any atom is -0.396 e. The van der Waals surface area contributed by atoms with Gasteiger partial charge in [0.1, 0.15) is 5.82 Å². The minimum atomic E-state index is -0.595. The Balaban J connectivity index is 2.76. The molecule has 0 heterocycles. The molecular formula is C13H15FN2O. The number of anilines is 1. The molecule has 3 nitrogen and oxygen atoms in total. The molecule has 0 bridgehead atoms. The quantitative estimate of drug-likeness (QED) is 0.618. The lowest BCUT2D eigenvalue weighted by molar-refractivity contribution is 0.0936. The molecule has 0 radical (unpaired) electrons. The second kappa shape index (κ2) is 5.90. The van der Waals surface area contributed by atoms with E-state index in [4.69, 9.17) is 12.2 Å². The summed E-state index contributed by atoms with van der Waals surface area (Å²) in [5, 5.41) is 2.74. The number of halogens is 1. The number of hydrogen-bond acceptors (Lipinski definition) is 2. The van der Waals surface area contributed by atoms with Gasteiger partial charge < -0.3 is 11.1 Å². The highest BCUT2D eigenvalue weighted by Gasteiger charge is 2.12. The van der Waals surface area contributed by atoms with Crippen molar-refractivity contribution in [3.63, 3.8) is 0 Å².